The number of methoxy groups -OCH3 is 1. The highest BCUT2D eigenvalue weighted by atomic mass is 35.5. The van der Waals surface area contributed by atoms with Crippen LogP contribution in [0.1, 0.15) is 40.7 Å². The van der Waals surface area contributed by atoms with Crippen LogP contribution in [-0.2, 0) is 32.2 Å². The lowest BCUT2D eigenvalue weighted by atomic mass is 10.0. The summed E-state index contributed by atoms with van der Waals surface area (Å²) in [7, 11) is 1.48. The lowest BCUT2D eigenvalue weighted by Gasteiger charge is -2.29. The number of amides is 4. The van der Waals surface area contributed by atoms with Crippen molar-refractivity contribution in [1.29, 1.82) is 0 Å². The monoisotopic (exact) mass is 811 g/mol. The van der Waals surface area contributed by atoms with E-state index in [9.17, 15) is 33.7 Å². The maximum absolute atomic E-state index is 14.2. The van der Waals surface area contributed by atoms with Crippen LogP contribution in [0.15, 0.2) is 79.1 Å². The Morgan fingerprint density at radius 2 is 1.86 bits per heavy atom. The SMILES string of the molecule is COc1cc2ncnc(N(Cc3ccc([N+](=O)[O-])cc3)c3ccc(F)c(Cl)c3)c2cc1OCCOCCC(=O)Nc1cccc2c1CN(C1CCC(=O)NC1=O)C2=O. The Balaban J connectivity index is 0.991. The lowest BCUT2D eigenvalue weighted by molar-refractivity contribution is -0.384. The molecule has 2 aliphatic heterocycles. The Labute approximate surface area is 335 Å². The van der Waals surface area contributed by atoms with Crippen molar-refractivity contribution in [1.82, 2.24) is 20.2 Å². The molecule has 1 unspecified atom stereocenters. The molecular weight excluding hydrogens is 777 g/mol. The van der Waals surface area contributed by atoms with Crippen LogP contribution in [0.4, 0.5) is 27.3 Å². The van der Waals surface area contributed by atoms with Crippen molar-refractivity contribution in [2.75, 3.05) is 37.1 Å². The van der Waals surface area contributed by atoms with E-state index >= 15 is 0 Å². The summed E-state index contributed by atoms with van der Waals surface area (Å²) in [5, 5.41) is 16.8. The van der Waals surface area contributed by atoms with E-state index in [0.29, 0.717) is 56.3 Å². The van der Waals surface area contributed by atoms with Gasteiger partial charge in [0, 0.05) is 65.6 Å². The first kappa shape index (κ1) is 39.5. The normalized spacial score (nSPS) is 14.9. The van der Waals surface area contributed by atoms with Crippen molar-refractivity contribution in [2.24, 2.45) is 0 Å². The number of piperidine rings is 1. The number of nitro groups is 1. The molecule has 18 heteroatoms. The molecule has 58 heavy (non-hydrogen) atoms. The minimum absolute atomic E-state index is 0.00641. The third-order valence-electron chi connectivity index (χ3n) is 9.67. The maximum atomic E-state index is 14.2. The van der Waals surface area contributed by atoms with Gasteiger partial charge in [-0.3, -0.25) is 34.6 Å². The number of nitrogens with one attached hydrogen (secondary N) is 2. The zero-order valence-electron chi connectivity index (χ0n) is 30.9. The fourth-order valence-electron chi connectivity index (χ4n) is 6.78. The molecule has 1 aromatic heterocycles. The molecule has 2 N–H and O–H groups in total. The summed E-state index contributed by atoms with van der Waals surface area (Å²) in [6.07, 6.45) is 1.75. The average Bonchev–Trinajstić information content (AvgIpc) is 3.55. The van der Waals surface area contributed by atoms with E-state index in [0.717, 1.165) is 0 Å². The van der Waals surface area contributed by atoms with Gasteiger partial charge in [-0.15, -0.1) is 0 Å². The van der Waals surface area contributed by atoms with Crippen LogP contribution in [0.5, 0.6) is 11.5 Å². The van der Waals surface area contributed by atoms with Gasteiger partial charge in [-0.1, -0.05) is 29.8 Å². The van der Waals surface area contributed by atoms with Crippen molar-refractivity contribution in [3.8, 4) is 11.5 Å². The van der Waals surface area contributed by atoms with Gasteiger partial charge in [0.15, 0.2) is 11.5 Å². The molecule has 2 aliphatic rings. The molecule has 0 radical (unpaired) electrons. The molecule has 3 heterocycles. The number of benzene rings is 4. The number of rotatable bonds is 15. The smallest absolute Gasteiger partial charge is 0.269 e. The van der Waals surface area contributed by atoms with Gasteiger partial charge in [-0.2, -0.15) is 0 Å². The molecule has 298 valence electrons. The number of anilines is 3. The second-order valence-corrected chi connectivity index (χ2v) is 13.7. The van der Waals surface area contributed by atoms with E-state index in [4.69, 9.17) is 25.8 Å². The summed E-state index contributed by atoms with van der Waals surface area (Å²) in [6.45, 7) is 0.562. The predicted molar refractivity (Wildman–Crippen MR) is 208 cm³/mol. The number of hydrogen-bond donors (Lipinski definition) is 2. The molecule has 1 fully saturated rings. The number of carbonyl (C=O) groups is 4. The van der Waals surface area contributed by atoms with Gasteiger partial charge in [0.05, 0.1) is 42.2 Å². The molecule has 4 amide bonds. The summed E-state index contributed by atoms with van der Waals surface area (Å²) in [6, 6.07) is 17.9. The van der Waals surface area contributed by atoms with E-state index < -0.39 is 22.7 Å². The highest BCUT2D eigenvalue weighted by molar-refractivity contribution is 6.31. The Hall–Kier alpha value is -6.72. The molecule has 4 aromatic carbocycles. The number of imide groups is 1. The van der Waals surface area contributed by atoms with Gasteiger partial charge in [0.1, 0.15) is 30.6 Å². The van der Waals surface area contributed by atoms with Crippen LogP contribution < -0.4 is 25.0 Å². The number of ether oxygens (including phenoxy) is 3. The van der Waals surface area contributed by atoms with Crippen LogP contribution >= 0.6 is 11.6 Å². The molecule has 5 aromatic rings. The molecule has 1 saturated heterocycles. The topological polar surface area (TPSA) is 195 Å². The summed E-state index contributed by atoms with van der Waals surface area (Å²) >= 11 is 6.18. The third kappa shape index (κ3) is 8.50. The zero-order chi connectivity index (χ0) is 40.9. The maximum Gasteiger partial charge on any atom is 0.269 e. The summed E-state index contributed by atoms with van der Waals surface area (Å²) in [4.78, 5) is 73.0. The number of halogens is 2. The Kier molecular flexibility index (Phi) is 11.7. The van der Waals surface area contributed by atoms with Crippen molar-refractivity contribution >= 4 is 69.0 Å². The molecule has 0 aliphatic carbocycles. The van der Waals surface area contributed by atoms with Crippen LogP contribution in [0.3, 0.4) is 0 Å². The molecule has 0 saturated carbocycles. The Bertz CT molecular complexity index is 2430. The minimum Gasteiger partial charge on any atom is -0.493 e. The highest BCUT2D eigenvalue weighted by Crippen LogP contribution is 2.39. The van der Waals surface area contributed by atoms with Crippen LogP contribution in [0.2, 0.25) is 5.02 Å². The predicted octanol–water partition coefficient (Wildman–Crippen LogP) is 5.86. The number of nitrogens with zero attached hydrogens (tertiary/aromatic N) is 5. The molecular formula is C40H35ClFN7O9. The van der Waals surface area contributed by atoms with Crippen LogP contribution in [0.25, 0.3) is 10.9 Å². The molecule has 16 nitrogen and oxygen atoms in total. The van der Waals surface area contributed by atoms with Crippen LogP contribution in [0, 0.1) is 15.9 Å². The number of nitro benzene ring substituents is 1. The van der Waals surface area contributed by atoms with Gasteiger partial charge in [-0.25, -0.2) is 14.4 Å². The van der Waals surface area contributed by atoms with Gasteiger partial charge in [0.25, 0.3) is 11.6 Å². The molecule has 7 rings (SSSR count). The molecule has 1 atom stereocenters. The second kappa shape index (κ2) is 17.2. The van der Waals surface area contributed by atoms with Gasteiger partial charge >= 0.3 is 0 Å². The third-order valence-corrected chi connectivity index (χ3v) is 9.96. The standard InChI is InChI=1S/C40H35ClFN7O9/c1-56-34-19-32-27(38(44-22-43-32)47(25-9-10-30(42)29(41)17-25)20-23-5-7-24(8-6-23)49(54)55)18-35(34)58-16-15-57-14-13-37(51)45-31-4-2-3-26-28(31)21-48(40(26)53)33-11-12-36(50)46-39(33)52/h2-10,17-19,22,33H,11-16,20-21H2,1H3,(H,45,51)(H,46,50,52). The minimum atomic E-state index is -0.771. The fraction of sp³-hybridized carbons (Fsp3) is 0.250. The first-order valence-corrected chi connectivity index (χ1v) is 18.4. The van der Waals surface area contributed by atoms with Crippen molar-refractivity contribution < 1.29 is 42.7 Å². The lowest BCUT2D eigenvalue weighted by Crippen LogP contribution is -2.52. The first-order chi connectivity index (χ1) is 28.0. The summed E-state index contributed by atoms with van der Waals surface area (Å²) in [5.41, 5.74) is 3.08. The van der Waals surface area contributed by atoms with E-state index in [1.165, 1.54) is 42.6 Å². The number of carbonyl (C=O) groups excluding carboxylic acids is 4. The average molecular weight is 812 g/mol. The van der Waals surface area contributed by atoms with Crippen molar-refractivity contribution in [3.63, 3.8) is 0 Å². The van der Waals surface area contributed by atoms with Crippen LogP contribution in [-0.4, -0.2) is 76.4 Å². The van der Waals surface area contributed by atoms with Gasteiger partial charge in [-0.05, 0) is 48.4 Å². The Morgan fingerprint density at radius 1 is 1.05 bits per heavy atom. The fourth-order valence-corrected chi connectivity index (χ4v) is 6.95. The van der Waals surface area contributed by atoms with Gasteiger partial charge < -0.3 is 29.3 Å². The van der Waals surface area contributed by atoms with E-state index in [1.54, 1.807) is 53.4 Å². The number of aromatic nitrogens is 2. The van der Waals surface area contributed by atoms with E-state index in [2.05, 4.69) is 20.6 Å². The first-order valence-electron chi connectivity index (χ1n) is 18.1. The number of non-ortho nitro benzene ring substituents is 1. The number of fused-ring (bicyclic) bond motifs is 2. The van der Waals surface area contributed by atoms with Crippen molar-refractivity contribution in [3.05, 3.63) is 117 Å². The number of hydrogen-bond acceptors (Lipinski definition) is 12. The summed E-state index contributed by atoms with van der Waals surface area (Å²) in [5.74, 6) is -1.03. The molecule has 0 bridgehead atoms. The van der Waals surface area contributed by atoms with Crippen molar-refractivity contribution in [2.45, 2.75) is 38.4 Å². The Morgan fingerprint density at radius 3 is 2.60 bits per heavy atom. The van der Waals surface area contributed by atoms with E-state index in [1.807, 2.05) is 0 Å². The zero-order valence-corrected chi connectivity index (χ0v) is 31.7. The molecule has 0 spiro atoms. The largest absolute Gasteiger partial charge is 0.493 e. The quantitative estimate of drug-likeness (QED) is 0.0554. The second-order valence-electron chi connectivity index (χ2n) is 13.3. The summed E-state index contributed by atoms with van der Waals surface area (Å²) < 4.78 is 31.6. The van der Waals surface area contributed by atoms with E-state index in [-0.39, 0.29) is 80.6 Å². The van der Waals surface area contributed by atoms with Gasteiger partial charge in [0.2, 0.25) is 17.7 Å². The highest BCUT2D eigenvalue weighted by Gasteiger charge is 2.40.